The molecule has 78 valence electrons. The largest absolute Gasteiger partial charge is 0.312 e. The van der Waals surface area contributed by atoms with Crippen molar-refractivity contribution >= 4 is 0 Å². The Morgan fingerprint density at radius 1 is 1.57 bits per heavy atom. The van der Waals surface area contributed by atoms with Gasteiger partial charge in [-0.15, -0.1) is 0 Å². The lowest BCUT2D eigenvalue weighted by Crippen LogP contribution is -2.16. The van der Waals surface area contributed by atoms with Crippen molar-refractivity contribution in [3.8, 4) is 0 Å². The van der Waals surface area contributed by atoms with Crippen LogP contribution in [-0.4, -0.2) is 16.3 Å². The van der Waals surface area contributed by atoms with Crippen molar-refractivity contribution < 1.29 is 0 Å². The van der Waals surface area contributed by atoms with Gasteiger partial charge in [-0.25, -0.2) is 0 Å². The molecule has 1 aliphatic carbocycles. The Morgan fingerprint density at radius 3 is 3.00 bits per heavy atom. The maximum Gasteiger partial charge on any atom is 0.0666 e. The fourth-order valence-corrected chi connectivity index (χ4v) is 1.76. The lowest BCUT2D eigenvalue weighted by molar-refractivity contribution is 0.635. The molecule has 1 aliphatic rings. The molecule has 1 fully saturated rings. The fourth-order valence-electron chi connectivity index (χ4n) is 1.76. The average Bonchev–Trinajstić information content (AvgIpc) is 2.90. The lowest BCUT2D eigenvalue weighted by atomic mass is 10.2. The van der Waals surface area contributed by atoms with E-state index in [2.05, 4.69) is 23.5 Å². The molecule has 0 aliphatic heterocycles. The van der Waals surface area contributed by atoms with Gasteiger partial charge in [0.15, 0.2) is 0 Å². The molecule has 0 amide bonds. The molecule has 3 nitrogen and oxygen atoms in total. The van der Waals surface area contributed by atoms with E-state index in [1.165, 1.54) is 30.6 Å². The highest BCUT2D eigenvalue weighted by Crippen LogP contribution is 2.27. The predicted octanol–water partition coefficient (Wildman–Crippen LogP) is 1.48. The smallest absolute Gasteiger partial charge is 0.0666 e. The maximum atomic E-state index is 4.42. The third-order valence-electron chi connectivity index (χ3n) is 2.77. The van der Waals surface area contributed by atoms with Crippen LogP contribution in [0.25, 0.3) is 0 Å². The van der Waals surface area contributed by atoms with Crippen LogP contribution in [0, 0.1) is 5.92 Å². The normalized spacial score (nSPS) is 16.1. The summed E-state index contributed by atoms with van der Waals surface area (Å²) in [5, 5.41) is 7.92. The van der Waals surface area contributed by atoms with Gasteiger partial charge in [-0.1, -0.05) is 6.92 Å². The first-order valence-electron chi connectivity index (χ1n) is 5.51. The Bertz CT molecular complexity index is 299. The van der Waals surface area contributed by atoms with E-state index in [0.29, 0.717) is 0 Å². The van der Waals surface area contributed by atoms with E-state index in [-0.39, 0.29) is 0 Å². The van der Waals surface area contributed by atoms with Gasteiger partial charge in [0.2, 0.25) is 0 Å². The van der Waals surface area contributed by atoms with Crippen LogP contribution in [0.4, 0.5) is 0 Å². The molecule has 1 saturated carbocycles. The standard InChI is InChI=1S/C11H19N3/c1-3-11-10(8-14(2)13-11)7-12-6-9-4-5-9/h8-9,12H,3-7H2,1-2H3. The van der Waals surface area contributed by atoms with Gasteiger partial charge in [-0.2, -0.15) is 5.10 Å². The third-order valence-corrected chi connectivity index (χ3v) is 2.77. The zero-order valence-corrected chi connectivity index (χ0v) is 9.08. The summed E-state index contributed by atoms with van der Waals surface area (Å²) in [5.74, 6) is 0.955. The Hall–Kier alpha value is -0.830. The molecule has 0 saturated heterocycles. The maximum absolute atomic E-state index is 4.42. The van der Waals surface area contributed by atoms with Crippen molar-refractivity contribution in [2.24, 2.45) is 13.0 Å². The summed E-state index contributed by atoms with van der Waals surface area (Å²) in [6.07, 6.45) is 5.99. The number of rotatable bonds is 5. The Kier molecular flexibility index (Phi) is 2.87. The molecule has 0 unspecified atom stereocenters. The zero-order chi connectivity index (χ0) is 9.97. The zero-order valence-electron chi connectivity index (χ0n) is 9.08. The van der Waals surface area contributed by atoms with Gasteiger partial charge >= 0.3 is 0 Å². The molecule has 1 aromatic heterocycles. The molecule has 0 spiro atoms. The molecule has 3 heteroatoms. The van der Waals surface area contributed by atoms with Gasteiger partial charge in [0.1, 0.15) is 0 Å². The van der Waals surface area contributed by atoms with E-state index >= 15 is 0 Å². The fraction of sp³-hybridized carbons (Fsp3) is 0.727. The SMILES string of the molecule is CCc1nn(C)cc1CNCC1CC1. The van der Waals surface area contributed by atoms with Crippen LogP contribution >= 0.6 is 0 Å². The quantitative estimate of drug-likeness (QED) is 0.767. The molecule has 2 rings (SSSR count). The summed E-state index contributed by atoms with van der Waals surface area (Å²) in [5.41, 5.74) is 2.59. The minimum atomic E-state index is 0.955. The lowest BCUT2D eigenvalue weighted by Gasteiger charge is -2.02. The van der Waals surface area contributed by atoms with Crippen molar-refractivity contribution in [1.29, 1.82) is 0 Å². The summed E-state index contributed by atoms with van der Waals surface area (Å²) in [6.45, 7) is 4.32. The highest BCUT2D eigenvalue weighted by atomic mass is 15.3. The number of nitrogens with zero attached hydrogens (tertiary/aromatic N) is 2. The van der Waals surface area contributed by atoms with E-state index in [4.69, 9.17) is 0 Å². The van der Waals surface area contributed by atoms with E-state index in [9.17, 15) is 0 Å². The van der Waals surface area contributed by atoms with Gasteiger partial charge in [0, 0.05) is 25.4 Å². The summed E-state index contributed by atoms with van der Waals surface area (Å²) in [6, 6.07) is 0. The number of hydrogen-bond acceptors (Lipinski definition) is 2. The molecule has 0 radical (unpaired) electrons. The number of aromatic nitrogens is 2. The Balaban J connectivity index is 1.86. The average molecular weight is 193 g/mol. The van der Waals surface area contributed by atoms with Crippen LogP contribution in [0.5, 0.6) is 0 Å². The molecular formula is C11H19N3. The van der Waals surface area contributed by atoms with E-state index in [0.717, 1.165) is 18.9 Å². The summed E-state index contributed by atoms with van der Waals surface area (Å²) in [4.78, 5) is 0. The van der Waals surface area contributed by atoms with Gasteiger partial charge in [-0.3, -0.25) is 4.68 Å². The summed E-state index contributed by atoms with van der Waals surface area (Å²) < 4.78 is 1.91. The second-order valence-electron chi connectivity index (χ2n) is 4.20. The highest BCUT2D eigenvalue weighted by Gasteiger charge is 2.20. The van der Waals surface area contributed by atoms with Crippen LogP contribution in [0.15, 0.2) is 6.20 Å². The Labute approximate surface area is 85.5 Å². The van der Waals surface area contributed by atoms with Crippen molar-refractivity contribution in [2.45, 2.75) is 32.7 Å². The molecule has 0 atom stereocenters. The molecule has 0 aromatic carbocycles. The Morgan fingerprint density at radius 2 is 2.36 bits per heavy atom. The second-order valence-corrected chi connectivity index (χ2v) is 4.20. The van der Waals surface area contributed by atoms with Crippen LogP contribution in [0.1, 0.15) is 31.0 Å². The molecule has 14 heavy (non-hydrogen) atoms. The van der Waals surface area contributed by atoms with Crippen LogP contribution in [0.3, 0.4) is 0 Å². The van der Waals surface area contributed by atoms with Crippen molar-refractivity contribution in [3.63, 3.8) is 0 Å². The van der Waals surface area contributed by atoms with Crippen LogP contribution in [0.2, 0.25) is 0 Å². The number of nitrogens with one attached hydrogen (secondary N) is 1. The highest BCUT2D eigenvalue weighted by molar-refractivity contribution is 5.16. The van der Waals surface area contributed by atoms with Gasteiger partial charge in [0.25, 0.3) is 0 Å². The monoisotopic (exact) mass is 193 g/mol. The topological polar surface area (TPSA) is 29.9 Å². The first-order chi connectivity index (χ1) is 6.79. The minimum Gasteiger partial charge on any atom is -0.312 e. The molecule has 1 aromatic rings. The number of hydrogen-bond donors (Lipinski definition) is 1. The van der Waals surface area contributed by atoms with Gasteiger partial charge in [0.05, 0.1) is 5.69 Å². The van der Waals surface area contributed by atoms with E-state index < -0.39 is 0 Å². The van der Waals surface area contributed by atoms with Crippen LogP contribution < -0.4 is 5.32 Å². The summed E-state index contributed by atoms with van der Waals surface area (Å²) in [7, 11) is 1.99. The first-order valence-corrected chi connectivity index (χ1v) is 5.51. The number of aryl methyl sites for hydroxylation is 2. The van der Waals surface area contributed by atoms with Crippen molar-refractivity contribution in [1.82, 2.24) is 15.1 Å². The molecule has 1 heterocycles. The summed E-state index contributed by atoms with van der Waals surface area (Å²) >= 11 is 0. The molecular weight excluding hydrogens is 174 g/mol. The second kappa shape index (κ2) is 4.13. The van der Waals surface area contributed by atoms with Gasteiger partial charge < -0.3 is 5.32 Å². The van der Waals surface area contributed by atoms with Crippen molar-refractivity contribution in [3.05, 3.63) is 17.5 Å². The third kappa shape index (κ3) is 2.35. The first kappa shape index (κ1) is 9.71. The van der Waals surface area contributed by atoms with Crippen LogP contribution in [-0.2, 0) is 20.0 Å². The van der Waals surface area contributed by atoms with E-state index in [1.54, 1.807) is 0 Å². The van der Waals surface area contributed by atoms with Crippen molar-refractivity contribution in [2.75, 3.05) is 6.54 Å². The van der Waals surface area contributed by atoms with Gasteiger partial charge in [-0.05, 0) is 31.7 Å². The predicted molar refractivity (Wildman–Crippen MR) is 57.0 cm³/mol. The minimum absolute atomic E-state index is 0.955. The molecule has 0 bridgehead atoms. The molecule has 1 N–H and O–H groups in total. The van der Waals surface area contributed by atoms with E-state index in [1.807, 2.05) is 11.7 Å².